The lowest BCUT2D eigenvalue weighted by Gasteiger charge is -2.03. The van der Waals surface area contributed by atoms with Crippen LogP contribution in [0.4, 0.5) is 0 Å². The molecule has 0 aliphatic carbocycles. The van der Waals surface area contributed by atoms with E-state index in [1.807, 2.05) is 28.8 Å². The van der Waals surface area contributed by atoms with Crippen LogP contribution >= 0.6 is 15.9 Å². The molecule has 0 unspecified atom stereocenters. The summed E-state index contributed by atoms with van der Waals surface area (Å²) < 4.78 is 2.75. The zero-order valence-corrected chi connectivity index (χ0v) is 14.3. The van der Waals surface area contributed by atoms with Crippen LogP contribution in [-0.4, -0.2) is 26.8 Å². The highest BCUT2D eigenvalue weighted by atomic mass is 79.9. The van der Waals surface area contributed by atoms with Crippen molar-refractivity contribution in [2.75, 3.05) is 0 Å². The second kappa shape index (κ2) is 7.27. The van der Waals surface area contributed by atoms with Gasteiger partial charge in [-0.1, -0.05) is 28.1 Å². The number of halogens is 1. The van der Waals surface area contributed by atoms with E-state index < -0.39 is 0 Å². The number of imidazole rings is 1. The number of para-hydroxylation sites is 2. The van der Waals surface area contributed by atoms with Crippen molar-refractivity contribution in [2.45, 2.75) is 13.0 Å². The first-order valence-corrected chi connectivity index (χ1v) is 8.13. The summed E-state index contributed by atoms with van der Waals surface area (Å²) in [4.78, 5) is 16.2. The minimum atomic E-state index is -0.210. The Morgan fingerprint density at radius 2 is 2.17 bits per heavy atom. The van der Waals surface area contributed by atoms with E-state index in [0.717, 1.165) is 15.5 Å². The molecule has 0 bridgehead atoms. The van der Waals surface area contributed by atoms with Gasteiger partial charge >= 0.3 is 0 Å². The molecule has 0 spiro atoms. The number of carbonyl (C=O) groups is 1. The normalized spacial score (nSPS) is 11.2. The zero-order valence-electron chi connectivity index (χ0n) is 12.7. The molecule has 0 aliphatic rings. The van der Waals surface area contributed by atoms with Crippen LogP contribution in [0, 0.1) is 0 Å². The summed E-state index contributed by atoms with van der Waals surface area (Å²) in [5, 5.41) is 13.6. The largest absolute Gasteiger partial charge is 0.507 e. The van der Waals surface area contributed by atoms with Gasteiger partial charge in [-0.15, -0.1) is 0 Å². The molecule has 24 heavy (non-hydrogen) atoms. The van der Waals surface area contributed by atoms with Crippen molar-refractivity contribution in [3.05, 3.63) is 58.8 Å². The number of hydrazone groups is 1. The molecule has 1 amide bonds. The molecule has 3 aromatic rings. The lowest BCUT2D eigenvalue weighted by atomic mass is 10.2. The predicted molar refractivity (Wildman–Crippen MR) is 95.9 cm³/mol. The average Bonchev–Trinajstić information content (AvgIpc) is 2.99. The molecule has 2 N–H and O–H groups in total. The third-order valence-corrected chi connectivity index (χ3v) is 3.98. The molecule has 0 aliphatic heterocycles. The van der Waals surface area contributed by atoms with Crippen LogP contribution in [0.5, 0.6) is 5.75 Å². The molecule has 2 aromatic carbocycles. The number of carbonyl (C=O) groups excluding carboxylic acids is 1. The van der Waals surface area contributed by atoms with Gasteiger partial charge in [0.25, 0.3) is 0 Å². The Balaban J connectivity index is 1.56. The van der Waals surface area contributed by atoms with Gasteiger partial charge in [0, 0.05) is 23.0 Å². The summed E-state index contributed by atoms with van der Waals surface area (Å²) in [6, 6.07) is 12.8. The number of nitrogens with zero attached hydrogens (tertiary/aromatic N) is 3. The topological polar surface area (TPSA) is 79.5 Å². The maximum absolute atomic E-state index is 11.9. The second-order valence-corrected chi connectivity index (χ2v) is 6.09. The van der Waals surface area contributed by atoms with E-state index in [1.54, 1.807) is 24.5 Å². The first-order chi connectivity index (χ1) is 11.6. The third kappa shape index (κ3) is 3.80. The van der Waals surface area contributed by atoms with Crippen molar-refractivity contribution in [3.8, 4) is 5.75 Å². The summed E-state index contributed by atoms with van der Waals surface area (Å²) in [6.07, 6.45) is 3.41. The lowest BCUT2D eigenvalue weighted by molar-refractivity contribution is -0.121. The van der Waals surface area contributed by atoms with Crippen molar-refractivity contribution in [1.29, 1.82) is 0 Å². The molecule has 1 heterocycles. The minimum Gasteiger partial charge on any atom is -0.507 e. The van der Waals surface area contributed by atoms with Crippen LogP contribution in [0.1, 0.15) is 12.0 Å². The van der Waals surface area contributed by atoms with E-state index in [4.69, 9.17) is 0 Å². The SMILES string of the molecule is O=C(CCn1cnc2ccccc21)NN=Cc1cc(Br)ccc1O. The van der Waals surface area contributed by atoms with Crippen LogP contribution < -0.4 is 5.43 Å². The van der Waals surface area contributed by atoms with Crippen LogP contribution in [0.2, 0.25) is 0 Å². The molecular formula is C17H15BrN4O2. The van der Waals surface area contributed by atoms with Gasteiger partial charge in [-0.05, 0) is 30.3 Å². The van der Waals surface area contributed by atoms with Gasteiger partial charge in [-0.25, -0.2) is 10.4 Å². The number of phenols is 1. The van der Waals surface area contributed by atoms with Gasteiger partial charge in [-0.2, -0.15) is 5.10 Å². The Morgan fingerprint density at radius 1 is 1.33 bits per heavy atom. The first-order valence-electron chi connectivity index (χ1n) is 7.34. The van der Waals surface area contributed by atoms with Crippen molar-refractivity contribution in [3.63, 3.8) is 0 Å². The maximum Gasteiger partial charge on any atom is 0.241 e. The van der Waals surface area contributed by atoms with Gasteiger partial charge in [0.05, 0.1) is 23.6 Å². The van der Waals surface area contributed by atoms with Crippen LogP contribution in [0.15, 0.2) is 58.4 Å². The number of hydrogen-bond acceptors (Lipinski definition) is 4. The highest BCUT2D eigenvalue weighted by molar-refractivity contribution is 9.10. The average molecular weight is 387 g/mol. The van der Waals surface area contributed by atoms with Gasteiger partial charge in [0.2, 0.25) is 5.91 Å². The maximum atomic E-state index is 11.9. The fourth-order valence-corrected chi connectivity index (χ4v) is 2.65. The van der Waals surface area contributed by atoms with Crippen molar-refractivity contribution in [1.82, 2.24) is 15.0 Å². The van der Waals surface area contributed by atoms with E-state index in [0.29, 0.717) is 12.1 Å². The minimum absolute atomic E-state index is 0.0982. The Kier molecular flexibility index (Phi) is 4.90. The third-order valence-electron chi connectivity index (χ3n) is 3.49. The fourth-order valence-electron chi connectivity index (χ4n) is 2.27. The molecule has 0 atom stereocenters. The molecule has 6 nitrogen and oxygen atoms in total. The molecule has 122 valence electrons. The summed E-state index contributed by atoms with van der Waals surface area (Å²) in [7, 11) is 0. The number of phenolic OH excluding ortho intramolecular Hbond substituents is 1. The number of rotatable bonds is 5. The summed E-state index contributed by atoms with van der Waals surface area (Å²) >= 11 is 3.31. The second-order valence-electron chi connectivity index (χ2n) is 5.17. The molecule has 1 aromatic heterocycles. The molecule has 0 radical (unpaired) electrons. The number of hydrogen-bond donors (Lipinski definition) is 2. The zero-order chi connectivity index (χ0) is 16.9. The number of benzene rings is 2. The van der Waals surface area contributed by atoms with Gasteiger partial charge in [0.1, 0.15) is 5.75 Å². The number of aromatic hydroxyl groups is 1. The molecule has 3 rings (SSSR count). The van der Waals surface area contributed by atoms with Gasteiger partial charge in [-0.3, -0.25) is 4.79 Å². The van der Waals surface area contributed by atoms with Crippen LogP contribution in [0.25, 0.3) is 11.0 Å². The van der Waals surface area contributed by atoms with E-state index in [-0.39, 0.29) is 18.1 Å². The molecule has 0 saturated carbocycles. The smallest absolute Gasteiger partial charge is 0.241 e. The van der Waals surface area contributed by atoms with E-state index >= 15 is 0 Å². The molecule has 0 fully saturated rings. The van der Waals surface area contributed by atoms with Gasteiger partial charge in [0.15, 0.2) is 0 Å². The number of aromatic nitrogens is 2. The standard InChI is InChI=1S/C17H15BrN4O2/c18-13-5-6-16(23)12(9-13)10-20-21-17(24)7-8-22-11-19-14-3-1-2-4-15(14)22/h1-6,9-11,23H,7-8H2,(H,21,24). The number of amides is 1. The van der Waals surface area contributed by atoms with E-state index in [1.165, 1.54) is 6.21 Å². The number of aryl methyl sites for hydroxylation is 1. The molecular weight excluding hydrogens is 372 g/mol. The summed E-state index contributed by atoms with van der Waals surface area (Å²) in [5.41, 5.74) is 4.87. The van der Waals surface area contributed by atoms with E-state index in [2.05, 4.69) is 31.4 Å². The Bertz CT molecular complexity index is 904. The number of fused-ring (bicyclic) bond motifs is 1. The lowest BCUT2D eigenvalue weighted by Crippen LogP contribution is -2.19. The van der Waals surface area contributed by atoms with Crippen molar-refractivity contribution in [2.24, 2.45) is 5.10 Å². The highest BCUT2D eigenvalue weighted by Crippen LogP contribution is 2.19. The quantitative estimate of drug-likeness (QED) is 0.522. The molecule has 0 saturated heterocycles. The van der Waals surface area contributed by atoms with Crippen LogP contribution in [-0.2, 0) is 11.3 Å². The van der Waals surface area contributed by atoms with Gasteiger partial charge < -0.3 is 9.67 Å². The number of nitrogens with one attached hydrogen (secondary N) is 1. The first kappa shape index (κ1) is 16.2. The summed E-state index contributed by atoms with van der Waals surface area (Å²) in [5.74, 6) is -0.111. The fraction of sp³-hybridized carbons (Fsp3) is 0.118. The van der Waals surface area contributed by atoms with Crippen LogP contribution in [0.3, 0.4) is 0 Å². The summed E-state index contributed by atoms with van der Waals surface area (Å²) in [6.45, 7) is 0.518. The van der Waals surface area contributed by atoms with Crippen molar-refractivity contribution >= 4 is 39.1 Å². The highest BCUT2D eigenvalue weighted by Gasteiger charge is 2.05. The van der Waals surface area contributed by atoms with E-state index in [9.17, 15) is 9.90 Å². The predicted octanol–water partition coefficient (Wildman–Crippen LogP) is 3.04. The Labute approximate surface area is 147 Å². The Hall–Kier alpha value is -2.67. The Morgan fingerprint density at radius 3 is 3.04 bits per heavy atom. The molecule has 7 heteroatoms. The monoisotopic (exact) mass is 386 g/mol. The van der Waals surface area contributed by atoms with Crippen molar-refractivity contribution < 1.29 is 9.90 Å².